The van der Waals surface area contributed by atoms with Crippen molar-refractivity contribution in [3.8, 4) is 11.8 Å². The van der Waals surface area contributed by atoms with Crippen molar-refractivity contribution in [2.45, 2.75) is 20.0 Å². The Labute approximate surface area is 99.6 Å². The second-order valence-electron chi connectivity index (χ2n) is 3.28. The van der Waals surface area contributed by atoms with Gasteiger partial charge in [0, 0.05) is 5.56 Å². The molecule has 0 radical (unpaired) electrons. The molecule has 0 aliphatic carbocycles. The van der Waals surface area contributed by atoms with Crippen LogP contribution in [-0.2, 0) is 0 Å². The first-order valence-corrected chi connectivity index (χ1v) is 4.68. The van der Waals surface area contributed by atoms with E-state index in [1.807, 2.05) is 0 Å². The number of ether oxygens (including phenoxy) is 1. The standard InChI is InChI=1S/C11H7F4NO2/c1-5(17)7-3-8(10(12)13)6(4-16)2-9(7)18-11(14)15/h2-3,10-11H,1H3. The molecule has 0 unspecified atom stereocenters. The highest BCUT2D eigenvalue weighted by Crippen LogP contribution is 2.31. The number of hydrogen-bond donors (Lipinski definition) is 0. The number of alkyl halides is 4. The molecule has 0 N–H and O–H groups in total. The van der Waals surface area contributed by atoms with Crippen molar-refractivity contribution < 1.29 is 27.1 Å². The maximum atomic E-state index is 12.6. The third-order valence-corrected chi connectivity index (χ3v) is 2.10. The molecule has 0 saturated heterocycles. The minimum atomic E-state index is -3.22. The molecule has 0 fully saturated rings. The van der Waals surface area contributed by atoms with Crippen molar-refractivity contribution >= 4 is 5.78 Å². The second kappa shape index (κ2) is 5.49. The van der Waals surface area contributed by atoms with E-state index in [9.17, 15) is 22.4 Å². The zero-order valence-electron chi connectivity index (χ0n) is 9.08. The molecule has 0 heterocycles. The van der Waals surface area contributed by atoms with E-state index in [4.69, 9.17) is 5.26 Å². The number of Topliss-reactive ketones (excluding diaryl/α,β-unsaturated/α-hetero) is 1. The number of ketones is 1. The molecule has 1 aromatic rings. The molecule has 0 aliphatic rings. The molecule has 7 heteroatoms. The Morgan fingerprint density at radius 1 is 1.33 bits per heavy atom. The summed E-state index contributed by atoms with van der Waals surface area (Å²) in [5.41, 5.74) is -1.61. The molecular formula is C11H7F4NO2. The number of nitriles is 1. The lowest BCUT2D eigenvalue weighted by atomic mass is 10.0. The van der Waals surface area contributed by atoms with Crippen LogP contribution in [0.25, 0.3) is 0 Å². The molecule has 0 saturated carbocycles. The number of nitrogens with zero attached hydrogens (tertiary/aromatic N) is 1. The summed E-state index contributed by atoms with van der Waals surface area (Å²) in [4.78, 5) is 11.2. The Morgan fingerprint density at radius 3 is 2.33 bits per heavy atom. The second-order valence-corrected chi connectivity index (χ2v) is 3.28. The fraction of sp³-hybridized carbons (Fsp3) is 0.273. The van der Waals surface area contributed by atoms with Crippen LogP contribution in [0.15, 0.2) is 12.1 Å². The van der Waals surface area contributed by atoms with Crippen LogP contribution in [0.5, 0.6) is 5.75 Å². The molecule has 3 nitrogen and oxygen atoms in total. The van der Waals surface area contributed by atoms with Gasteiger partial charge in [0.1, 0.15) is 5.75 Å². The van der Waals surface area contributed by atoms with Gasteiger partial charge in [-0.3, -0.25) is 4.79 Å². The van der Waals surface area contributed by atoms with Gasteiger partial charge < -0.3 is 4.74 Å². The van der Waals surface area contributed by atoms with Crippen LogP contribution in [0.1, 0.15) is 34.8 Å². The number of carbonyl (C=O) groups is 1. The molecule has 0 bridgehead atoms. The minimum Gasteiger partial charge on any atom is -0.434 e. The summed E-state index contributed by atoms with van der Waals surface area (Å²) < 4.78 is 53.4. The van der Waals surface area contributed by atoms with Gasteiger partial charge in [0.25, 0.3) is 6.43 Å². The van der Waals surface area contributed by atoms with Crippen molar-refractivity contribution in [3.05, 3.63) is 28.8 Å². The Hall–Kier alpha value is -2.10. The fourth-order valence-electron chi connectivity index (χ4n) is 1.34. The first-order valence-electron chi connectivity index (χ1n) is 4.68. The minimum absolute atomic E-state index is 0.412. The van der Waals surface area contributed by atoms with Crippen molar-refractivity contribution in [2.24, 2.45) is 0 Å². The van der Waals surface area contributed by atoms with E-state index in [0.29, 0.717) is 12.1 Å². The van der Waals surface area contributed by atoms with Crippen LogP contribution in [-0.4, -0.2) is 12.4 Å². The molecule has 1 rings (SSSR count). The first-order chi connectivity index (χ1) is 8.36. The van der Waals surface area contributed by atoms with E-state index < -0.39 is 41.3 Å². The summed E-state index contributed by atoms with van der Waals surface area (Å²) in [5.74, 6) is -1.30. The normalized spacial score (nSPS) is 10.6. The average Bonchev–Trinajstić information content (AvgIpc) is 2.26. The summed E-state index contributed by atoms with van der Waals surface area (Å²) in [6.45, 7) is -2.19. The molecule has 0 aliphatic heterocycles. The van der Waals surface area contributed by atoms with Crippen molar-refractivity contribution in [2.75, 3.05) is 0 Å². The summed E-state index contributed by atoms with van der Waals surface area (Å²) >= 11 is 0. The fourth-order valence-corrected chi connectivity index (χ4v) is 1.34. The predicted molar refractivity (Wildman–Crippen MR) is 52.8 cm³/mol. The van der Waals surface area contributed by atoms with E-state index >= 15 is 0 Å². The molecular weight excluding hydrogens is 254 g/mol. The Morgan fingerprint density at radius 2 is 1.94 bits per heavy atom. The molecule has 0 atom stereocenters. The Kier molecular flexibility index (Phi) is 4.26. The molecule has 0 amide bonds. The molecule has 0 spiro atoms. The first kappa shape index (κ1) is 14.0. The van der Waals surface area contributed by atoms with E-state index in [0.717, 1.165) is 6.92 Å². The number of hydrogen-bond acceptors (Lipinski definition) is 3. The summed E-state index contributed by atoms with van der Waals surface area (Å²) in [7, 11) is 0. The lowest BCUT2D eigenvalue weighted by Gasteiger charge is -2.11. The van der Waals surface area contributed by atoms with Gasteiger partial charge in [-0.2, -0.15) is 14.0 Å². The summed E-state index contributed by atoms with van der Waals surface area (Å²) in [6, 6.07) is 2.85. The van der Waals surface area contributed by atoms with Gasteiger partial charge in [-0.25, -0.2) is 8.78 Å². The van der Waals surface area contributed by atoms with Gasteiger partial charge in [0.15, 0.2) is 5.78 Å². The van der Waals surface area contributed by atoms with Crippen LogP contribution in [0.3, 0.4) is 0 Å². The highest BCUT2D eigenvalue weighted by molar-refractivity contribution is 5.97. The third kappa shape index (κ3) is 2.97. The zero-order chi connectivity index (χ0) is 13.9. The zero-order valence-corrected chi connectivity index (χ0v) is 9.08. The maximum Gasteiger partial charge on any atom is 0.387 e. The van der Waals surface area contributed by atoms with Crippen molar-refractivity contribution in [1.29, 1.82) is 5.26 Å². The smallest absolute Gasteiger partial charge is 0.387 e. The average molecular weight is 261 g/mol. The van der Waals surface area contributed by atoms with Gasteiger partial charge in [0.05, 0.1) is 17.2 Å². The highest BCUT2D eigenvalue weighted by atomic mass is 19.3. The predicted octanol–water partition coefficient (Wildman–Crippen LogP) is 3.30. The third-order valence-electron chi connectivity index (χ3n) is 2.10. The summed E-state index contributed by atoms with van der Waals surface area (Å²) in [6.07, 6.45) is -2.99. The van der Waals surface area contributed by atoms with E-state index in [1.54, 1.807) is 0 Å². The Bertz CT molecular complexity index is 509. The lowest BCUT2D eigenvalue weighted by molar-refractivity contribution is -0.0501. The van der Waals surface area contributed by atoms with Crippen LogP contribution in [0.4, 0.5) is 17.6 Å². The number of halogens is 4. The topological polar surface area (TPSA) is 50.1 Å². The van der Waals surface area contributed by atoms with Gasteiger partial charge >= 0.3 is 6.61 Å². The quantitative estimate of drug-likeness (QED) is 0.617. The van der Waals surface area contributed by atoms with E-state index in [1.165, 1.54) is 6.07 Å². The van der Waals surface area contributed by atoms with Gasteiger partial charge in [-0.1, -0.05) is 0 Å². The van der Waals surface area contributed by atoms with E-state index in [-0.39, 0.29) is 0 Å². The van der Waals surface area contributed by atoms with Gasteiger partial charge in [-0.15, -0.1) is 0 Å². The van der Waals surface area contributed by atoms with Crippen LogP contribution >= 0.6 is 0 Å². The van der Waals surface area contributed by atoms with Crippen molar-refractivity contribution in [3.63, 3.8) is 0 Å². The van der Waals surface area contributed by atoms with Gasteiger partial charge in [0.2, 0.25) is 0 Å². The monoisotopic (exact) mass is 261 g/mol. The summed E-state index contributed by atoms with van der Waals surface area (Å²) in [5, 5.41) is 8.64. The highest BCUT2D eigenvalue weighted by Gasteiger charge is 2.21. The molecule has 1 aromatic carbocycles. The van der Waals surface area contributed by atoms with E-state index in [2.05, 4.69) is 4.74 Å². The van der Waals surface area contributed by atoms with Crippen LogP contribution < -0.4 is 4.74 Å². The SMILES string of the molecule is CC(=O)c1cc(C(F)F)c(C#N)cc1OC(F)F. The number of carbonyl (C=O) groups excluding carboxylic acids is 1. The van der Waals surface area contributed by atoms with Crippen LogP contribution in [0.2, 0.25) is 0 Å². The van der Waals surface area contributed by atoms with Gasteiger partial charge in [-0.05, 0) is 19.1 Å². The molecule has 18 heavy (non-hydrogen) atoms. The number of rotatable bonds is 4. The lowest BCUT2D eigenvalue weighted by Crippen LogP contribution is -2.08. The number of benzene rings is 1. The Balaban J connectivity index is 3.43. The molecule has 0 aromatic heterocycles. The van der Waals surface area contributed by atoms with Crippen LogP contribution in [0, 0.1) is 11.3 Å². The maximum absolute atomic E-state index is 12.6. The molecule has 96 valence electrons. The largest absolute Gasteiger partial charge is 0.434 e. The van der Waals surface area contributed by atoms with Crippen molar-refractivity contribution in [1.82, 2.24) is 0 Å².